The number of amides is 1. The van der Waals surface area contributed by atoms with Crippen molar-refractivity contribution < 1.29 is 9.90 Å². The molecule has 0 saturated carbocycles. The number of aliphatic hydroxyl groups excluding tert-OH is 1. The number of carbonyl (C=O) groups excluding carboxylic acids is 1. The van der Waals surface area contributed by atoms with Gasteiger partial charge in [-0.1, -0.05) is 11.6 Å². The van der Waals surface area contributed by atoms with Gasteiger partial charge in [0.05, 0.1) is 17.4 Å². The zero-order chi connectivity index (χ0) is 12.3. The Kier molecular flexibility index (Phi) is 3.75. The molecule has 0 radical (unpaired) electrons. The van der Waals surface area contributed by atoms with E-state index in [0.717, 1.165) is 0 Å². The second-order valence-corrected chi connectivity index (χ2v) is 4.16. The fraction of sp³-hybridized carbons (Fsp3) is 0.500. The lowest BCUT2D eigenvalue weighted by Crippen LogP contribution is -2.50. The van der Waals surface area contributed by atoms with Crippen molar-refractivity contribution in [1.82, 2.24) is 14.9 Å². The number of nitrogens with zero attached hydrogens (tertiary/aromatic N) is 4. The van der Waals surface area contributed by atoms with E-state index < -0.39 is 6.61 Å². The van der Waals surface area contributed by atoms with E-state index >= 15 is 0 Å². The van der Waals surface area contributed by atoms with Crippen molar-refractivity contribution in [2.24, 2.45) is 0 Å². The van der Waals surface area contributed by atoms with Gasteiger partial charge in [0, 0.05) is 26.2 Å². The Balaban J connectivity index is 1.95. The van der Waals surface area contributed by atoms with Crippen LogP contribution < -0.4 is 4.90 Å². The predicted octanol–water partition coefficient (Wildman–Crippen LogP) is -0.229. The van der Waals surface area contributed by atoms with Crippen LogP contribution in [0.1, 0.15) is 0 Å². The van der Waals surface area contributed by atoms with Crippen LogP contribution in [0, 0.1) is 0 Å². The molecule has 0 aromatic carbocycles. The normalized spacial score (nSPS) is 16.1. The smallest absolute Gasteiger partial charge is 0.248 e. The van der Waals surface area contributed by atoms with Crippen LogP contribution in [-0.4, -0.2) is 58.7 Å². The molecule has 1 aromatic rings. The van der Waals surface area contributed by atoms with Crippen molar-refractivity contribution in [3.05, 3.63) is 17.4 Å². The third-order valence-electron chi connectivity index (χ3n) is 2.66. The van der Waals surface area contributed by atoms with Gasteiger partial charge < -0.3 is 14.9 Å². The van der Waals surface area contributed by atoms with Gasteiger partial charge in [-0.15, -0.1) is 0 Å². The third-order valence-corrected chi connectivity index (χ3v) is 2.85. The monoisotopic (exact) mass is 256 g/mol. The van der Waals surface area contributed by atoms with Crippen molar-refractivity contribution in [1.29, 1.82) is 0 Å². The molecule has 1 aromatic heterocycles. The first kappa shape index (κ1) is 12.1. The Morgan fingerprint density at radius 3 is 2.41 bits per heavy atom. The topological polar surface area (TPSA) is 69.6 Å². The number of halogens is 1. The molecule has 17 heavy (non-hydrogen) atoms. The fourth-order valence-electron chi connectivity index (χ4n) is 1.72. The van der Waals surface area contributed by atoms with Crippen LogP contribution in [0.15, 0.2) is 12.4 Å². The number of rotatable bonds is 2. The molecule has 1 aliphatic heterocycles. The minimum absolute atomic E-state index is 0.235. The van der Waals surface area contributed by atoms with Gasteiger partial charge in [-0.3, -0.25) is 4.79 Å². The quantitative estimate of drug-likeness (QED) is 0.792. The minimum atomic E-state index is -0.433. The lowest BCUT2D eigenvalue weighted by atomic mass is 10.3. The van der Waals surface area contributed by atoms with Crippen molar-refractivity contribution in [3.8, 4) is 0 Å². The van der Waals surface area contributed by atoms with E-state index in [-0.39, 0.29) is 5.91 Å². The number of hydrogen-bond acceptors (Lipinski definition) is 5. The van der Waals surface area contributed by atoms with Gasteiger partial charge in [-0.25, -0.2) is 9.97 Å². The van der Waals surface area contributed by atoms with E-state index in [1.807, 2.05) is 4.90 Å². The highest BCUT2D eigenvalue weighted by Crippen LogP contribution is 2.12. The maximum absolute atomic E-state index is 11.3. The van der Waals surface area contributed by atoms with Gasteiger partial charge in [-0.05, 0) is 0 Å². The molecule has 2 rings (SSSR count). The number of hydrogen-bond donors (Lipinski definition) is 1. The molecule has 1 N–H and O–H groups in total. The maximum Gasteiger partial charge on any atom is 0.248 e. The number of aromatic nitrogens is 2. The van der Waals surface area contributed by atoms with E-state index in [0.29, 0.717) is 37.1 Å². The highest BCUT2D eigenvalue weighted by molar-refractivity contribution is 6.30. The first-order valence-corrected chi connectivity index (χ1v) is 5.69. The summed E-state index contributed by atoms with van der Waals surface area (Å²) in [6, 6.07) is 0. The average Bonchev–Trinajstić information content (AvgIpc) is 2.39. The van der Waals surface area contributed by atoms with Gasteiger partial charge in [-0.2, -0.15) is 0 Å². The lowest BCUT2D eigenvalue weighted by molar-refractivity contribution is -0.134. The standard InChI is InChI=1S/C10H13ClN4O2/c11-8-5-12-10(13-6-8)15-3-1-14(2-4-15)9(17)7-16/h5-6,16H,1-4,7H2. The van der Waals surface area contributed by atoms with E-state index in [1.54, 1.807) is 17.3 Å². The maximum atomic E-state index is 11.3. The molecule has 1 fully saturated rings. The fourth-order valence-corrected chi connectivity index (χ4v) is 1.82. The zero-order valence-corrected chi connectivity index (χ0v) is 9.97. The summed E-state index contributed by atoms with van der Waals surface area (Å²) in [6.45, 7) is 2.04. The zero-order valence-electron chi connectivity index (χ0n) is 9.21. The first-order valence-electron chi connectivity index (χ1n) is 5.32. The highest BCUT2D eigenvalue weighted by Gasteiger charge is 2.21. The molecule has 0 bridgehead atoms. The Labute approximate surface area is 104 Å². The summed E-state index contributed by atoms with van der Waals surface area (Å²) in [7, 11) is 0. The van der Waals surface area contributed by atoms with Crippen LogP contribution in [0.3, 0.4) is 0 Å². The molecule has 0 aliphatic carbocycles. The number of anilines is 1. The predicted molar refractivity (Wildman–Crippen MR) is 62.9 cm³/mol. The molecule has 2 heterocycles. The van der Waals surface area contributed by atoms with E-state index in [1.165, 1.54) is 0 Å². The lowest BCUT2D eigenvalue weighted by Gasteiger charge is -2.34. The molecular weight excluding hydrogens is 244 g/mol. The van der Waals surface area contributed by atoms with Gasteiger partial charge in [0.25, 0.3) is 0 Å². The second kappa shape index (κ2) is 5.29. The Bertz CT molecular complexity index is 390. The number of carbonyl (C=O) groups is 1. The third kappa shape index (κ3) is 2.83. The summed E-state index contributed by atoms with van der Waals surface area (Å²) in [6.07, 6.45) is 3.10. The van der Waals surface area contributed by atoms with Crippen molar-refractivity contribution >= 4 is 23.5 Å². The number of piperazine rings is 1. The SMILES string of the molecule is O=C(CO)N1CCN(c2ncc(Cl)cn2)CC1. The Morgan fingerprint density at radius 1 is 1.29 bits per heavy atom. The van der Waals surface area contributed by atoms with Gasteiger partial charge >= 0.3 is 0 Å². The molecule has 0 unspecified atom stereocenters. The Hall–Kier alpha value is -1.40. The Morgan fingerprint density at radius 2 is 1.88 bits per heavy atom. The van der Waals surface area contributed by atoms with Crippen LogP contribution in [-0.2, 0) is 4.79 Å². The summed E-state index contributed by atoms with van der Waals surface area (Å²) < 4.78 is 0. The van der Waals surface area contributed by atoms with E-state index in [9.17, 15) is 4.79 Å². The average molecular weight is 257 g/mol. The molecule has 7 heteroatoms. The molecule has 1 saturated heterocycles. The molecular formula is C10H13ClN4O2. The van der Waals surface area contributed by atoms with E-state index in [2.05, 4.69) is 9.97 Å². The van der Waals surface area contributed by atoms with Crippen LogP contribution in [0.2, 0.25) is 5.02 Å². The molecule has 0 atom stereocenters. The van der Waals surface area contributed by atoms with Gasteiger partial charge in [0.1, 0.15) is 6.61 Å². The highest BCUT2D eigenvalue weighted by atomic mass is 35.5. The molecule has 6 nitrogen and oxygen atoms in total. The van der Waals surface area contributed by atoms with Crippen LogP contribution in [0.25, 0.3) is 0 Å². The largest absolute Gasteiger partial charge is 0.387 e. The minimum Gasteiger partial charge on any atom is -0.387 e. The molecule has 1 aliphatic rings. The van der Waals surface area contributed by atoms with Gasteiger partial charge in [0.15, 0.2) is 0 Å². The molecule has 92 valence electrons. The molecule has 1 amide bonds. The second-order valence-electron chi connectivity index (χ2n) is 3.73. The summed E-state index contributed by atoms with van der Waals surface area (Å²) in [5.41, 5.74) is 0. The van der Waals surface area contributed by atoms with Crippen molar-refractivity contribution in [2.75, 3.05) is 37.7 Å². The summed E-state index contributed by atoms with van der Waals surface area (Å²) in [5, 5.41) is 9.26. The van der Waals surface area contributed by atoms with Crippen LogP contribution >= 0.6 is 11.6 Å². The van der Waals surface area contributed by atoms with Crippen molar-refractivity contribution in [2.45, 2.75) is 0 Å². The van der Waals surface area contributed by atoms with E-state index in [4.69, 9.17) is 16.7 Å². The van der Waals surface area contributed by atoms with Gasteiger partial charge in [0.2, 0.25) is 11.9 Å². The summed E-state index contributed by atoms with van der Waals surface area (Å²) in [4.78, 5) is 23.1. The number of aliphatic hydroxyl groups is 1. The van der Waals surface area contributed by atoms with Crippen LogP contribution in [0.5, 0.6) is 0 Å². The summed E-state index contributed by atoms with van der Waals surface area (Å²) >= 11 is 5.71. The first-order chi connectivity index (χ1) is 8.20. The van der Waals surface area contributed by atoms with Crippen molar-refractivity contribution in [3.63, 3.8) is 0 Å². The molecule has 0 spiro atoms. The van der Waals surface area contributed by atoms with Crippen LogP contribution in [0.4, 0.5) is 5.95 Å². The summed E-state index contributed by atoms with van der Waals surface area (Å²) in [5.74, 6) is 0.382.